The lowest BCUT2D eigenvalue weighted by atomic mass is 9.72. The summed E-state index contributed by atoms with van der Waals surface area (Å²) >= 11 is 6.95. The summed E-state index contributed by atoms with van der Waals surface area (Å²) in [5, 5.41) is 16.4. The van der Waals surface area contributed by atoms with Gasteiger partial charge in [-0.1, -0.05) is 33.8 Å². The molecule has 1 aromatic carbocycles. The molecule has 0 bridgehead atoms. The van der Waals surface area contributed by atoms with E-state index in [-0.39, 0.29) is 16.4 Å². The molecule has 0 fully saturated rings. The third-order valence-electron chi connectivity index (χ3n) is 5.63. The van der Waals surface area contributed by atoms with Crippen molar-refractivity contribution < 1.29 is 9.53 Å². The third-order valence-corrected chi connectivity index (χ3v) is 7.00. The molecular weight excluding hydrogens is 426 g/mol. The summed E-state index contributed by atoms with van der Waals surface area (Å²) in [5.41, 5.74) is 2.49. The Morgan fingerprint density at radius 1 is 1.39 bits per heavy atom. The van der Waals surface area contributed by atoms with E-state index in [0.717, 1.165) is 31.2 Å². The number of rotatable bonds is 5. The van der Waals surface area contributed by atoms with Gasteiger partial charge in [0.1, 0.15) is 16.8 Å². The van der Waals surface area contributed by atoms with Gasteiger partial charge in [-0.3, -0.25) is 10.1 Å². The predicted octanol–water partition coefficient (Wildman–Crippen LogP) is 5.69. The summed E-state index contributed by atoms with van der Waals surface area (Å²) < 4.78 is 5.59. The minimum Gasteiger partial charge on any atom is -0.494 e. The minimum absolute atomic E-state index is 0.187. The molecule has 0 saturated heterocycles. The van der Waals surface area contributed by atoms with Gasteiger partial charge in [0.2, 0.25) is 0 Å². The smallest absolute Gasteiger partial charge is 0.257 e. The van der Waals surface area contributed by atoms with Crippen molar-refractivity contribution in [3.8, 4) is 11.8 Å². The van der Waals surface area contributed by atoms with Gasteiger partial charge in [-0.25, -0.2) is 0 Å². The van der Waals surface area contributed by atoms with Crippen LogP contribution in [0.3, 0.4) is 0 Å². The molecule has 1 atom stereocenters. The van der Waals surface area contributed by atoms with Crippen LogP contribution >= 0.6 is 23.6 Å². The highest BCUT2D eigenvalue weighted by atomic mass is 32.1. The Morgan fingerprint density at radius 2 is 2.16 bits per heavy atom. The van der Waals surface area contributed by atoms with Crippen LogP contribution in [0.4, 0.5) is 5.00 Å². The maximum atomic E-state index is 12.6. The number of ether oxygens (including phenoxy) is 1. The molecule has 2 N–H and O–H groups in total. The highest BCUT2D eigenvalue weighted by Crippen LogP contribution is 2.43. The second kappa shape index (κ2) is 9.80. The average molecular weight is 456 g/mol. The molecule has 2 aromatic rings. The van der Waals surface area contributed by atoms with Crippen LogP contribution in [0.1, 0.15) is 66.9 Å². The molecule has 0 saturated carbocycles. The Balaban J connectivity index is 1.69. The summed E-state index contributed by atoms with van der Waals surface area (Å²) in [6.07, 6.45) is 3.86. The molecule has 0 aliphatic heterocycles. The van der Waals surface area contributed by atoms with E-state index >= 15 is 0 Å². The summed E-state index contributed by atoms with van der Waals surface area (Å²) in [5.74, 6) is 0.929. The summed E-state index contributed by atoms with van der Waals surface area (Å²) in [7, 11) is 0. The second-order valence-electron chi connectivity index (χ2n) is 8.91. The molecule has 1 aromatic heterocycles. The van der Waals surface area contributed by atoms with Gasteiger partial charge in [0.15, 0.2) is 5.11 Å². The van der Waals surface area contributed by atoms with Crippen molar-refractivity contribution in [1.82, 2.24) is 5.32 Å². The molecule has 1 heterocycles. The van der Waals surface area contributed by atoms with E-state index in [4.69, 9.17) is 17.0 Å². The lowest BCUT2D eigenvalue weighted by Gasteiger charge is -2.33. The topological polar surface area (TPSA) is 74.2 Å². The van der Waals surface area contributed by atoms with Crippen molar-refractivity contribution >= 4 is 39.6 Å². The number of anilines is 1. The normalized spacial score (nSPS) is 15.5. The molecule has 0 spiro atoms. The van der Waals surface area contributed by atoms with E-state index in [2.05, 4.69) is 37.5 Å². The summed E-state index contributed by atoms with van der Waals surface area (Å²) in [6, 6.07) is 9.35. The van der Waals surface area contributed by atoms with Gasteiger partial charge < -0.3 is 10.1 Å². The molecule has 1 aliphatic rings. The lowest BCUT2D eigenvalue weighted by molar-refractivity contribution is 0.0977. The van der Waals surface area contributed by atoms with Crippen LogP contribution in [0.2, 0.25) is 0 Å². The highest BCUT2D eigenvalue weighted by molar-refractivity contribution is 7.80. The van der Waals surface area contributed by atoms with Crippen molar-refractivity contribution in [3.63, 3.8) is 0 Å². The molecule has 3 rings (SSSR count). The van der Waals surface area contributed by atoms with Crippen LogP contribution in [-0.2, 0) is 12.8 Å². The summed E-state index contributed by atoms with van der Waals surface area (Å²) in [6.45, 7) is 9.44. The number of nitrogens with zero attached hydrogens (tertiary/aromatic N) is 1. The van der Waals surface area contributed by atoms with Crippen molar-refractivity contribution in [2.24, 2.45) is 11.3 Å². The molecule has 5 nitrogen and oxygen atoms in total. The molecule has 31 heavy (non-hydrogen) atoms. The van der Waals surface area contributed by atoms with Gasteiger partial charge in [-0.05, 0) is 73.0 Å². The van der Waals surface area contributed by atoms with Gasteiger partial charge in [0.05, 0.1) is 12.2 Å². The Kier molecular flexibility index (Phi) is 7.34. The number of benzene rings is 1. The number of amides is 1. The van der Waals surface area contributed by atoms with E-state index in [1.807, 2.05) is 13.0 Å². The zero-order valence-corrected chi connectivity index (χ0v) is 20.1. The first-order valence-corrected chi connectivity index (χ1v) is 11.8. The average Bonchev–Trinajstić information content (AvgIpc) is 3.07. The fourth-order valence-electron chi connectivity index (χ4n) is 3.79. The molecule has 0 radical (unpaired) electrons. The van der Waals surface area contributed by atoms with Crippen LogP contribution in [-0.4, -0.2) is 17.6 Å². The second-order valence-corrected chi connectivity index (χ2v) is 10.4. The van der Waals surface area contributed by atoms with Crippen LogP contribution in [0, 0.1) is 22.7 Å². The minimum atomic E-state index is -0.313. The van der Waals surface area contributed by atoms with Crippen molar-refractivity contribution in [2.75, 3.05) is 11.9 Å². The summed E-state index contributed by atoms with van der Waals surface area (Å²) in [4.78, 5) is 13.9. The largest absolute Gasteiger partial charge is 0.494 e. The van der Waals surface area contributed by atoms with Gasteiger partial charge in [-0.2, -0.15) is 5.26 Å². The van der Waals surface area contributed by atoms with E-state index < -0.39 is 0 Å². The SMILES string of the molecule is CCCOc1cccc(C(=O)NC(=S)Nc2sc3c(c2C#N)CC[C@H](C(C)(C)C)C3)c1. The number of nitrogens with one attached hydrogen (secondary N) is 2. The molecule has 164 valence electrons. The van der Waals surface area contributed by atoms with Gasteiger partial charge in [-0.15, -0.1) is 11.3 Å². The standard InChI is InChI=1S/C24H29N3O2S2/c1-5-11-29-17-8-6-7-15(12-17)21(28)26-23(30)27-22-19(14-25)18-10-9-16(24(2,3)4)13-20(18)31-22/h6-8,12,16H,5,9-11,13H2,1-4H3,(H2,26,27,28,30)/t16-/m0/s1. The fourth-order valence-corrected chi connectivity index (χ4v) is 5.33. The fraction of sp³-hybridized carbons (Fsp3) is 0.458. The molecule has 1 amide bonds. The maximum absolute atomic E-state index is 12.6. The quantitative estimate of drug-likeness (QED) is 0.567. The maximum Gasteiger partial charge on any atom is 0.257 e. The molecule has 1 aliphatic carbocycles. The number of fused-ring (bicyclic) bond motifs is 1. The highest BCUT2D eigenvalue weighted by Gasteiger charge is 2.32. The first-order valence-electron chi connectivity index (χ1n) is 10.6. The van der Waals surface area contributed by atoms with E-state index in [1.54, 1.807) is 29.5 Å². The Bertz CT molecular complexity index is 1010. The van der Waals surface area contributed by atoms with E-state index in [9.17, 15) is 10.1 Å². The van der Waals surface area contributed by atoms with E-state index in [1.165, 1.54) is 4.88 Å². The number of carbonyl (C=O) groups excluding carboxylic acids is 1. The van der Waals surface area contributed by atoms with Crippen LogP contribution < -0.4 is 15.4 Å². The first-order chi connectivity index (χ1) is 14.7. The van der Waals surface area contributed by atoms with Gasteiger partial charge >= 0.3 is 0 Å². The van der Waals surface area contributed by atoms with Crippen LogP contribution in [0.15, 0.2) is 24.3 Å². The van der Waals surface area contributed by atoms with Crippen molar-refractivity contribution in [2.45, 2.75) is 53.4 Å². The molecular formula is C24H29N3O2S2. The predicted molar refractivity (Wildman–Crippen MR) is 130 cm³/mol. The van der Waals surface area contributed by atoms with Crippen LogP contribution in [0.5, 0.6) is 5.75 Å². The number of carbonyl (C=O) groups is 1. The Hall–Kier alpha value is -2.43. The van der Waals surface area contributed by atoms with Gasteiger partial charge in [0, 0.05) is 10.4 Å². The van der Waals surface area contributed by atoms with Crippen molar-refractivity contribution in [1.29, 1.82) is 5.26 Å². The number of thiophene rings is 1. The van der Waals surface area contributed by atoms with E-state index in [0.29, 0.717) is 34.4 Å². The Morgan fingerprint density at radius 3 is 2.84 bits per heavy atom. The molecule has 0 unspecified atom stereocenters. The van der Waals surface area contributed by atoms with Crippen molar-refractivity contribution in [3.05, 3.63) is 45.8 Å². The number of hydrogen-bond acceptors (Lipinski definition) is 5. The lowest BCUT2D eigenvalue weighted by Crippen LogP contribution is -2.34. The number of hydrogen-bond donors (Lipinski definition) is 2. The van der Waals surface area contributed by atoms with Crippen LogP contribution in [0.25, 0.3) is 0 Å². The zero-order chi connectivity index (χ0) is 22.6. The zero-order valence-electron chi connectivity index (χ0n) is 18.5. The number of thiocarbonyl (C=S) groups is 1. The first kappa shape index (κ1) is 23.2. The monoisotopic (exact) mass is 455 g/mol. The molecule has 7 heteroatoms. The van der Waals surface area contributed by atoms with Gasteiger partial charge in [0.25, 0.3) is 5.91 Å². The Labute approximate surface area is 193 Å². The number of nitriles is 1. The third kappa shape index (κ3) is 5.63.